The van der Waals surface area contributed by atoms with E-state index in [1.165, 1.54) is 23.5 Å². The number of hydrogen-bond acceptors (Lipinski definition) is 4. The third-order valence-corrected chi connectivity index (χ3v) is 5.70. The number of alkyl halides is 3. The van der Waals surface area contributed by atoms with E-state index >= 15 is 0 Å². The minimum Gasteiger partial charge on any atom is -0.460 e. The van der Waals surface area contributed by atoms with Gasteiger partial charge in [0.2, 0.25) is 6.29 Å². The smallest absolute Gasteiger partial charge is 0.393 e. The van der Waals surface area contributed by atoms with Crippen LogP contribution >= 0.6 is 11.3 Å². The van der Waals surface area contributed by atoms with Crippen LogP contribution in [-0.2, 0) is 17.9 Å². The van der Waals surface area contributed by atoms with Crippen molar-refractivity contribution in [3.8, 4) is 5.75 Å². The molecule has 1 saturated heterocycles. The average molecular weight is 401 g/mol. The lowest BCUT2D eigenvalue weighted by Gasteiger charge is -2.35. The molecule has 4 rings (SSSR count). The van der Waals surface area contributed by atoms with E-state index in [1.54, 1.807) is 4.90 Å². The molecule has 1 aromatic heterocycles. The van der Waals surface area contributed by atoms with Gasteiger partial charge in [-0.1, -0.05) is 0 Å². The molecule has 8 heteroatoms. The molecule has 0 unspecified atom stereocenters. The fourth-order valence-corrected chi connectivity index (χ4v) is 4.34. The summed E-state index contributed by atoms with van der Waals surface area (Å²) < 4.78 is 64.9. The Labute approximate surface area is 158 Å². The van der Waals surface area contributed by atoms with Gasteiger partial charge in [0.05, 0.1) is 12.5 Å². The van der Waals surface area contributed by atoms with Crippen LogP contribution in [0.4, 0.5) is 17.6 Å². The highest BCUT2D eigenvalue weighted by Gasteiger charge is 2.41. The number of hydrogen-bond donors (Lipinski definition) is 0. The Hall–Kier alpha value is -1.64. The molecule has 1 aromatic carbocycles. The number of likely N-dealkylation sites (tertiary alicyclic amines) is 1. The minimum absolute atomic E-state index is 0.0702. The number of fused-ring (bicyclic) bond motifs is 1. The SMILES string of the molecule is Fc1cc2c(c(CN3CCC[C@@H](C(F)(F)F)C3)c1)O[C@H](c1ccsc1)OC2. The predicted molar refractivity (Wildman–Crippen MR) is 92.9 cm³/mol. The molecule has 0 radical (unpaired) electrons. The Morgan fingerprint density at radius 2 is 2.11 bits per heavy atom. The van der Waals surface area contributed by atoms with Crippen LogP contribution in [0.3, 0.4) is 0 Å². The summed E-state index contributed by atoms with van der Waals surface area (Å²) in [6.07, 6.45) is -4.17. The molecule has 0 spiro atoms. The highest BCUT2D eigenvalue weighted by molar-refractivity contribution is 7.07. The zero-order valence-corrected chi connectivity index (χ0v) is 15.3. The van der Waals surface area contributed by atoms with E-state index in [0.29, 0.717) is 29.8 Å². The maximum atomic E-state index is 14.0. The molecular weight excluding hydrogens is 382 g/mol. The Morgan fingerprint density at radius 3 is 2.85 bits per heavy atom. The first kappa shape index (κ1) is 18.7. The molecule has 0 bridgehead atoms. The second kappa shape index (κ2) is 7.41. The zero-order valence-electron chi connectivity index (χ0n) is 14.5. The molecule has 27 heavy (non-hydrogen) atoms. The Balaban J connectivity index is 1.56. The largest absolute Gasteiger partial charge is 0.460 e. The summed E-state index contributed by atoms with van der Waals surface area (Å²) in [5, 5.41) is 3.82. The van der Waals surface area contributed by atoms with Crippen molar-refractivity contribution in [3.05, 3.63) is 51.5 Å². The molecule has 146 valence electrons. The molecule has 2 aliphatic rings. The summed E-state index contributed by atoms with van der Waals surface area (Å²) in [6.45, 7) is 0.913. The summed E-state index contributed by atoms with van der Waals surface area (Å²) in [5.74, 6) is -1.25. The number of thiophene rings is 1. The molecule has 3 heterocycles. The van der Waals surface area contributed by atoms with E-state index in [2.05, 4.69) is 0 Å². The number of nitrogens with zero attached hydrogens (tertiary/aromatic N) is 1. The maximum absolute atomic E-state index is 14.0. The summed E-state index contributed by atoms with van der Waals surface area (Å²) >= 11 is 1.52. The number of piperidine rings is 1. The molecule has 1 fully saturated rings. The highest BCUT2D eigenvalue weighted by Crippen LogP contribution is 2.39. The standard InChI is InChI=1S/C19H19F4NO2S/c20-16-6-13(8-24-4-1-2-15(9-24)19(21,22)23)17-14(7-16)10-25-18(26-17)12-3-5-27-11-12/h3,5-7,11,15,18H,1-2,4,8-10H2/t15-,18-/m1/s1. The van der Waals surface area contributed by atoms with Crippen LogP contribution in [0.1, 0.15) is 35.8 Å². The molecule has 3 nitrogen and oxygen atoms in total. The Bertz CT molecular complexity index is 794. The second-order valence-electron chi connectivity index (χ2n) is 6.99. The van der Waals surface area contributed by atoms with Crippen LogP contribution in [0.2, 0.25) is 0 Å². The van der Waals surface area contributed by atoms with Crippen molar-refractivity contribution in [2.24, 2.45) is 5.92 Å². The Morgan fingerprint density at radius 1 is 1.26 bits per heavy atom. The number of rotatable bonds is 3. The first-order valence-electron chi connectivity index (χ1n) is 8.81. The lowest BCUT2D eigenvalue weighted by Crippen LogP contribution is -2.41. The van der Waals surface area contributed by atoms with Gasteiger partial charge in [0, 0.05) is 35.2 Å². The van der Waals surface area contributed by atoms with Crippen LogP contribution < -0.4 is 4.74 Å². The second-order valence-corrected chi connectivity index (χ2v) is 7.77. The van der Waals surface area contributed by atoms with Crippen molar-refractivity contribution < 1.29 is 27.0 Å². The van der Waals surface area contributed by atoms with Gasteiger partial charge >= 0.3 is 6.18 Å². The summed E-state index contributed by atoms with van der Waals surface area (Å²) in [5.41, 5.74) is 2.02. The van der Waals surface area contributed by atoms with E-state index in [4.69, 9.17) is 9.47 Å². The van der Waals surface area contributed by atoms with Gasteiger partial charge in [0.25, 0.3) is 0 Å². The summed E-state index contributed by atoms with van der Waals surface area (Å²) in [4.78, 5) is 1.73. The third kappa shape index (κ3) is 4.12. The van der Waals surface area contributed by atoms with E-state index < -0.39 is 24.2 Å². The van der Waals surface area contributed by atoms with Gasteiger partial charge in [0.15, 0.2) is 0 Å². The van der Waals surface area contributed by atoms with Crippen molar-refractivity contribution in [3.63, 3.8) is 0 Å². The van der Waals surface area contributed by atoms with Gasteiger partial charge in [-0.3, -0.25) is 4.90 Å². The predicted octanol–water partition coefficient (Wildman–Crippen LogP) is 5.27. The van der Waals surface area contributed by atoms with Gasteiger partial charge in [0.1, 0.15) is 11.6 Å². The van der Waals surface area contributed by atoms with Crippen LogP contribution in [0, 0.1) is 11.7 Å². The summed E-state index contributed by atoms with van der Waals surface area (Å²) in [7, 11) is 0. The lowest BCUT2D eigenvalue weighted by molar-refractivity contribution is -0.187. The maximum Gasteiger partial charge on any atom is 0.393 e. The van der Waals surface area contributed by atoms with Crippen molar-refractivity contribution >= 4 is 11.3 Å². The van der Waals surface area contributed by atoms with Gasteiger partial charge in [-0.05, 0) is 43.0 Å². The van der Waals surface area contributed by atoms with Crippen molar-refractivity contribution in [2.75, 3.05) is 13.1 Å². The fraction of sp³-hybridized carbons (Fsp3) is 0.474. The number of ether oxygens (including phenoxy) is 2. The molecule has 2 aromatic rings. The molecule has 0 amide bonds. The van der Waals surface area contributed by atoms with Crippen molar-refractivity contribution in [1.29, 1.82) is 0 Å². The summed E-state index contributed by atoms with van der Waals surface area (Å²) in [6, 6.07) is 4.60. The fourth-order valence-electron chi connectivity index (χ4n) is 3.68. The van der Waals surface area contributed by atoms with E-state index in [1.807, 2.05) is 16.8 Å². The highest BCUT2D eigenvalue weighted by atomic mass is 32.1. The quantitative estimate of drug-likeness (QED) is 0.654. The van der Waals surface area contributed by atoms with Crippen LogP contribution in [0.5, 0.6) is 5.75 Å². The molecule has 2 atom stereocenters. The average Bonchev–Trinajstić information content (AvgIpc) is 3.15. The van der Waals surface area contributed by atoms with Gasteiger partial charge in [-0.15, -0.1) is 0 Å². The molecule has 2 aliphatic heterocycles. The molecule has 0 saturated carbocycles. The first-order valence-corrected chi connectivity index (χ1v) is 9.75. The van der Waals surface area contributed by atoms with E-state index in [9.17, 15) is 17.6 Å². The van der Waals surface area contributed by atoms with Gasteiger partial charge in [-0.2, -0.15) is 24.5 Å². The van der Waals surface area contributed by atoms with Gasteiger partial charge in [-0.25, -0.2) is 4.39 Å². The number of benzene rings is 1. The Kier molecular flexibility index (Phi) is 5.13. The molecule has 0 N–H and O–H groups in total. The topological polar surface area (TPSA) is 21.7 Å². The first-order chi connectivity index (χ1) is 12.9. The van der Waals surface area contributed by atoms with Crippen molar-refractivity contribution in [2.45, 2.75) is 38.5 Å². The van der Waals surface area contributed by atoms with Gasteiger partial charge < -0.3 is 9.47 Å². The van der Waals surface area contributed by atoms with Crippen LogP contribution in [0.15, 0.2) is 29.0 Å². The molecular formula is C19H19F4NO2S. The van der Waals surface area contributed by atoms with Crippen LogP contribution in [0.25, 0.3) is 0 Å². The minimum atomic E-state index is -4.20. The lowest BCUT2D eigenvalue weighted by atomic mass is 9.96. The molecule has 0 aliphatic carbocycles. The number of halogens is 4. The zero-order chi connectivity index (χ0) is 19.0. The van der Waals surface area contributed by atoms with Crippen molar-refractivity contribution in [1.82, 2.24) is 4.90 Å². The third-order valence-electron chi connectivity index (χ3n) is 5.00. The van der Waals surface area contributed by atoms with Crippen LogP contribution in [-0.4, -0.2) is 24.2 Å². The van der Waals surface area contributed by atoms with E-state index in [0.717, 1.165) is 5.56 Å². The monoisotopic (exact) mass is 401 g/mol. The van der Waals surface area contributed by atoms with E-state index in [-0.39, 0.29) is 26.1 Å². The normalized spacial score (nSPS) is 23.7.